The highest BCUT2D eigenvalue weighted by Crippen LogP contribution is 2.31. The SMILES string of the molecule is CC.CCC1CC(F)C1. The minimum absolute atomic E-state index is 0.454. The molecule has 0 nitrogen and oxygen atoms in total. The predicted octanol–water partition coefficient (Wildman–Crippen LogP) is 3.17. The van der Waals surface area contributed by atoms with Crippen LogP contribution in [0.15, 0.2) is 0 Å². The van der Waals surface area contributed by atoms with Crippen molar-refractivity contribution in [3.8, 4) is 0 Å². The standard InChI is InChI=1S/C6H11F.C2H6/c1-2-5-3-6(7)4-5;1-2/h5-6H,2-4H2,1H3;1-2H3. The van der Waals surface area contributed by atoms with E-state index in [4.69, 9.17) is 0 Å². The molecule has 0 aliphatic heterocycles. The molecule has 0 spiro atoms. The Morgan fingerprint density at radius 3 is 1.89 bits per heavy atom. The maximum Gasteiger partial charge on any atom is 0.101 e. The second-order valence-electron chi connectivity index (χ2n) is 2.34. The molecule has 0 aromatic carbocycles. The van der Waals surface area contributed by atoms with Crippen molar-refractivity contribution in [1.29, 1.82) is 0 Å². The zero-order valence-electron chi connectivity index (χ0n) is 6.65. The van der Waals surface area contributed by atoms with Crippen LogP contribution in [-0.2, 0) is 0 Å². The molecule has 0 unspecified atom stereocenters. The van der Waals surface area contributed by atoms with Crippen LogP contribution in [0.2, 0.25) is 0 Å². The fourth-order valence-corrected chi connectivity index (χ4v) is 0.988. The van der Waals surface area contributed by atoms with Gasteiger partial charge in [-0.05, 0) is 18.8 Å². The van der Waals surface area contributed by atoms with E-state index >= 15 is 0 Å². The van der Waals surface area contributed by atoms with Crippen molar-refractivity contribution in [1.82, 2.24) is 0 Å². The lowest BCUT2D eigenvalue weighted by atomic mass is 9.82. The van der Waals surface area contributed by atoms with Gasteiger partial charge in [0, 0.05) is 0 Å². The van der Waals surface area contributed by atoms with E-state index in [-0.39, 0.29) is 0 Å². The average Bonchev–Trinajstić information content (AvgIpc) is 1.86. The van der Waals surface area contributed by atoms with Gasteiger partial charge in [-0.25, -0.2) is 4.39 Å². The third kappa shape index (κ3) is 2.83. The minimum atomic E-state index is -0.454. The molecule has 0 aromatic rings. The summed E-state index contributed by atoms with van der Waals surface area (Å²) in [5.74, 6) is 0.718. The van der Waals surface area contributed by atoms with Crippen molar-refractivity contribution in [3.05, 3.63) is 0 Å². The van der Waals surface area contributed by atoms with Crippen LogP contribution in [-0.4, -0.2) is 6.17 Å². The molecule has 0 radical (unpaired) electrons. The molecule has 0 heterocycles. The lowest BCUT2D eigenvalue weighted by Crippen LogP contribution is -2.23. The summed E-state index contributed by atoms with van der Waals surface area (Å²) in [6.45, 7) is 6.12. The Morgan fingerprint density at radius 2 is 1.78 bits per heavy atom. The van der Waals surface area contributed by atoms with Crippen molar-refractivity contribution in [3.63, 3.8) is 0 Å². The molecule has 1 saturated carbocycles. The van der Waals surface area contributed by atoms with E-state index in [2.05, 4.69) is 6.92 Å². The third-order valence-corrected chi connectivity index (χ3v) is 1.76. The first kappa shape index (κ1) is 8.93. The quantitative estimate of drug-likeness (QED) is 0.514. The molecular formula is C8H17F. The molecule has 9 heavy (non-hydrogen) atoms. The summed E-state index contributed by atoms with van der Waals surface area (Å²) in [4.78, 5) is 0. The van der Waals surface area contributed by atoms with E-state index in [0.29, 0.717) is 0 Å². The maximum atomic E-state index is 12.0. The summed E-state index contributed by atoms with van der Waals surface area (Å²) in [6, 6.07) is 0. The first-order valence-corrected chi connectivity index (χ1v) is 3.97. The van der Waals surface area contributed by atoms with Crippen LogP contribution in [0.25, 0.3) is 0 Å². The van der Waals surface area contributed by atoms with Crippen LogP contribution in [0.1, 0.15) is 40.0 Å². The van der Waals surface area contributed by atoms with Crippen molar-refractivity contribution in [2.75, 3.05) is 0 Å². The van der Waals surface area contributed by atoms with Gasteiger partial charge in [-0.15, -0.1) is 0 Å². The fourth-order valence-electron chi connectivity index (χ4n) is 0.988. The number of halogens is 1. The maximum absolute atomic E-state index is 12.0. The highest BCUT2D eigenvalue weighted by molar-refractivity contribution is 4.77. The van der Waals surface area contributed by atoms with Crippen LogP contribution in [0.3, 0.4) is 0 Å². The highest BCUT2D eigenvalue weighted by atomic mass is 19.1. The first-order chi connectivity index (χ1) is 4.33. The number of rotatable bonds is 1. The van der Waals surface area contributed by atoms with Crippen molar-refractivity contribution < 1.29 is 4.39 Å². The zero-order chi connectivity index (χ0) is 7.28. The van der Waals surface area contributed by atoms with E-state index < -0.39 is 6.17 Å². The Morgan fingerprint density at radius 1 is 1.33 bits per heavy atom. The molecule has 56 valence electrons. The van der Waals surface area contributed by atoms with E-state index in [1.165, 1.54) is 6.42 Å². The topological polar surface area (TPSA) is 0 Å². The molecule has 0 aromatic heterocycles. The van der Waals surface area contributed by atoms with Gasteiger partial charge in [0.05, 0.1) is 0 Å². The number of hydrogen-bond donors (Lipinski definition) is 0. The van der Waals surface area contributed by atoms with Crippen LogP contribution in [0.4, 0.5) is 4.39 Å². The molecule has 0 amide bonds. The molecule has 1 aliphatic rings. The van der Waals surface area contributed by atoms with Gasteiger partial charge < -0.3 is 0 Å². The smallest absolute Gasteiger partial charge is 0.101 e. The van der Waals surface area contributed by atoms with Crippen LogP contribution in [0.5, 0.6) is 0 Å². The number of alkyl halides is 1. The van der Waals surface area contributed by atoms with E-state index in [1.807, 2.05) is 13.8 Å². The molecule has 1 aliphatic carbocycles. The summed E-state index contributed by atoms with van der Waals surface area (Å²) in [7, 11) is 0. The summed E-state index contributed by atoms with van der Waals surface area (Å²) >= 11 is 0. The van der Waals surface area contributed by atoms with E-state index in [0.717, 1.165) is 18.8 Å². The second kappa shape index (κ2) is 4.78. The van der Waals surface area contributed by atoms with E-state index in [9.17, 15) is 4.39 Å². The molecule has 1 rings (SSSR count). The Kier molecular flexibility index (Phi) is 4.74. The lowest BCUT2D eigenvalue weighted by Gasteiger charge is -2.27. The van der Waals surface area contributed by atoms with Crippen molar-refractivity contribution in [2.24, 2.45) is 5.92 Å². The van der Waals surface area contributed by atoms with Crippen molar-refractivity contribution >= 4 is 0 Å². The third-order valence-electron chi connectivity index (χ3n) is 1.76. The van der Waals surface area contributed by atoms with Crippen LogP contribution in [0, 0.1) is 5.92 Å². The summed E-state index contributed by atoms with van der Waals surface area (Å²) in [5.41, 5.74) is 0. The molecule has 0 atom stereocenters. The van der Waals surface area contributed by atoms with Gasteiger partial charge in [-0.1, -0.05) is 27.2 Å². The zero-order valence-corrected chi connectivity index (χ0v) is 6.65. The monoisotopic (exact) mass is 132 g/mol. The number of hydrogen-bond acceptors (Lipinski definition) is 0. The molecular weight excluding hydrogens is 115 g/mol. The van der Waals surface area contributed by atoms with Gasteiger partial charge >= 0.3 is 0 Å². The van der Waals surface area contributed by atoms with Crippen LogP contribution >= 0.6 is 0 Å². The molecule has 1 fully saturated rings. The predicted molar refractivity (Wildman–Crippen MR) is 39.3 cm³/mol. The average molecular weight is 132 g/mol. The normalized spacial score (nSPS) is 32.0. The summed E-state index contributed by atoms with van der Waals surface area (Å²) < 4.78 is 12.0. The van der Waals surface area contributed by atoms with Gasteiger partial charge in [0.25, 0.3) is 0 Å². The second-order valence-corrected chi connectivity index (χ2v) is 2.34. The van der Waals surface area contributed by atoms with E-state index in [1.54, 1.807) is 0 Å². The largest absolute Gasteiger partial charge is 0.247 e. The van der Waals surface area contributed by atoms with Gasteiger partial charge in [0.2, 0.25) is 0 Å². The Hall–Kier alpha value is -0.0700. The molecule has 0 bridgehead atoms. The van der Waals surface area contributed by atoms with Crippen LogP contribution < -0.4 is 0 Å². The molecule has 0 N–H and O–H groups in total. The minimum Gasteiger partial charge on any atom is -0.247 e. The summed E-state index contributed by atoms with van der Waals surface area (Å²) in [5, 5.41) is 0. The highest BCUT2D eigenvalue weighted by Gasteiger charge is 2.26. The first-order valence-electron chi connectivity index (χ1n) is 3.97. The Bertz CT molecular complexity index is 55.6. The Labute approximate surface area is 57.5 Å². The molecule has 1 heteroatoms. The van der Waals surface area contributed by atoms with Gasteiger partial charge in [-0.3, -0.25) is 0 Å². The molecule has 0 saturated heterocycles. The lowest BCUT2D eigenvalue weighted by molar-refractivity contribution is 0.128. The van der Waals surface area contributed by atoms with Gasteiger partial charge in [0.15, 0.2) is 0 Å². The van der Waals surface area contributed by atoms with Crippen molar-refractivity contribution in [2.45, 2.75) is 46.2 Å². The van der Waals surface area contributed by atoms with Gasteiger partial charge in [-0.2, -0.15) is 0 Å². The Balaban J connectivity index is 0.000000291. The fraction of sp³-hybridized carbons (Fsp3) is 1.00. The summed E-state index contributed by atoms with van der Waals surface area (Å²) in [6.07, 6.45) is 2.37. The van der Waals surface area contributed by atoms with Gasteiger partial charge in [0.1, 0.15) is 6.17 Å².